The number of urea groups is 1. The van der Waals surface area contributed by atoms with E-state index in [2.05, 4.69) is 29.4 Å². The lowest BCUT2D eigenvalue weighted by atomic mass is 9.85. The van der Waals surface area contributed by atoms with Gasteiger partial charge in [0.1, 0.15) is 0 Å². The van der Waals surface area contributed by atoms with Crippen LogP contribution in [0, 0.1) is 5.41 Å². The number of hydrogen-bond donors (Lipinski definition) is 3. The van der Waals surface area contributed by atoms with E-state index in [1.165, 1.54) is 0 Å². The van der Waals surface area contributed by atoms with Crippen LogP contribution < -0.4 is 10.6 Å². The number of nitrogens with one attached hydrogen (secondary N) is 2. The molecule has 146 valence electrons. The van der Waals surface area contributed by atoms with Crippen LogP contribution in [0.1, 0.15) is 39.2 Å². The molecule has 0 radical (unpaired) electrons. The molecule has 1 rings (SSSR count). The van der Waals surface area contributed by atoms with Crippen molar-refractivity contribution >= 4 is 12.0 Å². The normalized spacial score (nSPS) is 13.9. The van der Waals surface area contributed by atoms with Gasteiger partial charge in [-0.1, -0.05) is 44.2 Å². The second kappa shape index (κ2) is 10.2. The fourth-order valence-corrected chi connectivity index (χ4v) is 2.99. The summed E-state index contributed by atoms with van der Waals surface area (Å²) >= 11 is 0. The molecule has 0 aromatic heterocycles. The molecule has 1 aromatic rings. The molecular weight excluding hydrogens is 330 g/mol. The third-order valence-electron chi connectivity index (χ3n) is 4.61. The highest BCUT2D eigenvalue weighted by Crippen LogP contribution is 2.21. The lowest BCUT2D eigenvalue weighted by molar-refractivity contribution is -0.137. The highest BCUT2D eigenvalue weighted by atomic mass is 16.4. The maximum atomic E-state index is 12.4. The Hall–Kier alpha value is -2.08. The van der Waals surface area contributed by atoms with Gasteiger partial charge in [0, 0.05) is 25.0 Å². The zero-order valence-corrected chi connectivity index (χ0v) is 16.6. The average Bonchev–Trinajstić information content (AvgIpc) is 2.52. The van der Waals surface area contributed by atoms with Crippen LogP contribution >= 0.6 is 0 Å². The lowest BCUT2D eigenvalue weighted by Crippen LogP contribution is -2.52. The van der Waals surface area contributed by atoms with Gasteiger partial charge in [0.2, 0.25) is 0 Å². The summed E-state index contributed by atoms with van der Waals surface area (Å²) in [5.74, 6) is -0.856. The van der Waals surface area contributed by atoms with E-state index in [0.29, 0.717) is 12.8 Å². The van der Waals surface area contributed by atoms with Gasteiger partial charge in [-0.25, -0.2) is 4.79 Å². The average molecular weight is 364 g/mol. The molecule has 2 unspecified atom stereocenters. The number of rotatable bonds is 10. The van der Waals surface area contributed by atoms with Gasteiger partial charge in [0.25, 0.3) is 0 Å². The molecule has 0 saturated carbocycles. The minimum atomic E-state index is -0.856. The third-order valence-corrected chi connectivity index (χ3v) is 4.61. The van der Waals surface area contributed by atoms with Crippen molar-refractivity contribution in [3.05, 3.63) is 35.9 Å². The number of carboxylic acid groups (broad SMARTS) is 1. The Labute approximate surface area is 157 Å². The summed E-state index contributed by atoms with van der Waals surface area (Å²) in [5, 5.41) is 14.9. The Kier molecular flexibility index (Phi) is 8.58. The number of nitrogens with zero attached hydrogens (tertiary/aromatic N) is 1. The molecule has 2 amide bonds. The molecule has 1 aromatic carbocycles. The predicted molar refractivity (Wildman–Crippen MR) is 104 cm³/mol. The van der Waals surface area contributed by atoms with Gasteiger partial charge in [-0.05, 0) is 44.8 Å². The van der Waals surface area contributed by atoms with E-state index in [1.807, 2.05) is 51.4 Å². The van der Waals surface area contributed by atoms with Crippen LogP contribution in [0.3, 0.4) is 0 Å². The molecule has 6 heteroatoms. The van der Waals surface area contributed by atoms with E-state index >= 15 is 0 Å². The van der Waals surface area contributed by atoms with Gasteiger partial charge in [-0.2, -0.15) is 0 Å². The highest BCUT2D eigenvalue weighted by Gasteiger charge is 2.28. The summed E-state index contributed by atoms with van der Waals surface area (Å²) in [5.41, 5.74) is 0.987. The number of amides is 2. The molecule has 0 fully saturated rings. The van der Waals surface area contributed by atoms with Gasteiger partial charge >= 0.3 is 12.0 Å². The van der Waals surface area contributed by atoms with Crippen LogP contribution in [0.4, 0.5) is 4.79 Å². The number of carbonyl (C=O) groups excluding carboxylic acids is 1. The Morgan fingerprint density at radius 1 is 1.15 bits per heavy atom. The lowest BCUT2D eigenvalue weighted by Gasteiger charge is -2.35. The second-order valence-electron chi connectivity index (χ2n) is 7.88. The molecule has 2 atom stereocenters. The van der Waals surface area contributed by atoms with Gasteiger partial charge in [-0.3, -0.25) is 4.79 Å². The second-order valence-corrected chi connectivity index (χ2v) is 7.88. The number of benzene rings is 1. The molecule has 0 aliphatic heterocycles. The van der Waals surface area contributed by atoms with Crippen molar-refractivity contribution in [2.75, 3.05) is 20.6 Å². The SMILES string of the molecule is CC(NC(=O)NC(CCC(=O)O)Cc1ccccc1)C(C)(C)CN(C)C. The predicted octanol–water partition coefficient (Wildman–Crippen LogP) is 2.74. The number of hydrogen-bond acceptors (Lipinski definition) is 3. The van der Waals surface area contributed by atoms with Crippen molar-refractivity contribution in [2.24, 2.45) is 5.41 Å². The number of carboxylic acids is 1. The van der Waals surface area contributed by atoms with Crippen molar-refractivity contribution in [3.8, 4) is 0 Å². The summed E-state index contributed by atoms with van der Waals surface area (Å²) in [6, 6.07) is 9.27. The van der Waals surface area contributed by atoms with E-state index in [-0.39, 0.29) is 30.0 Å². The van der Waals surface area contributed by atoms with Crippen molar-refractivity contribution in [1.82, 2.24) is 15.5 Å². The standard InChI is InChI=1S/C20H33N3O3/c1-15(20(2,3)14-23(4)5)21-19(26)22-17(11-12-18(24)25)13-16-9-7-6-8-10-16/h6-10,15,17H,11-14H2,1-5H3,(H,24,25)(H2,21,22,26). The minimum Gasteiger partial charge on any atom is -0.481 e. The first-order valence-electron chi connectivity index (χ1n) is 9.07. The highest BCUT2D eigenvalue weighted by molar-refractivity contribution is 5.75. The van der Waals surface area contributed by atoms with Crippen molar-refractivity contribution in [2.45, 2.75) is 52.1 Å². The zero-order chi connectivity index (χ0) is 19.7. The van der Waals surface area contributed by atoms with E-state index in [0.717, 1.165) is 12.1 Å². The van der Waals surface area contributed by atoms with Crippen LogP contribution in [-0.4, -0.2) is 54.7 Å². The van der Waals surface area contributed by atoms with Crippen molar-refractivity contribution in [1.29, 1.82) is 0 Å². The van der Waals surface area contributed by atoms with Crippen LogP contribution in [0.15, 0.2) is 30.3 Å². The molecule has 6 nitrogen and oxygen atoms in total. The van der Waals surface area contributed by atoms with Crippen molar-refractivity contribution in [3.63, 3.8) is 0 Å². The van der Waals surface area contributed by atoms with Crippen LogP contribution in [0.2, 0.25) is 0 Å². The fraction of sp³-hybridized carbons (Fsp3) is 0.600. The van der Waals surface area contributed by atoms with Crippen LogP contribution in [0.25, 0.3) is 0 Å². The topological polar surface area (TPSA) is 81.7 Å². The molecule has 0 spiro atoms. The zero-order valence-electron chi connectivity index (χ0n) is 16.6. The monoisotopic (exact) mass is 363 g/mol. The number of carbonyl (C=O) groups is 2. The first-order chi connectivity index (χ1) is 12.1. The molecule has 26 heavy (non-hydrogen) atoms. The Bertz CT molecular complexity index is 573. The third kappa shape index (κ3) is 8.34. The Balaban J connectivity index is 2.67. The van der Waals surface area contributed by atoms with Gasteiger partial charge < -0.3 is 20.6 Å². The van der Waals surface area contributed by atoms with Gasteiger partial charge in [0.15, 0.2) is 0 Å². The van der Waals surface area contributed by atoms with Crippen LogP contribution in [0.5, 0.6) is 0 Å². The molecular formula is C20H33N3O3. The van der Waals surface area contributed by atoms with E-state index < -0.39 is 5.97 Å². The molecule has 0 aliphatic rings. The Morgan fingerprint density at radius 3 is 2.31 bits per heavy atom. The summed E-state index contributed by atoms with van der Waals surface area (Å²) in [7, 11) is 4.02. The summed E-state index contributed by atoms with van der Waals surface area (Å²) in [6.45, 7) is 7.07. The van der Waals surface area contributed by atoms with Gasteiger partial charge in [-0.15, -0.1) is 0 Å². The summed E-state index contributed by atoms with van der Waals surface area (Å²) < 4.78 is 0. The molecule has 3 N–H and O–H groups in total. The molecule has 0 saturated heterocycles. The fourth-order valence-electron chi connectivity index (χ4n) is 2.99. The minimum absolute atomic E-state index is 0.0262. The molecule has 0 heterocycles. The quantitative estimate of drug-likeness (QED) is 0.597. The van der Waals surface area contributed by atoms with E-state index in [9.17, 15) is 9.59 Å². The van der Waals surface area contributed by atoms with E-state index in [1.54, 1.807) is 0 Å². The molecule has 0 bridgehead atoms. The Morgan fingerprint density at radius 2 is 1.77 bits per heavy atom. The molecule has 0 aliphatic carbocycles. The van der Waals surface area contributed by atoms with E-state index in [4.69, 9.17) is 5.11 Å². The maximum absolute atomic E-state index is 12.4. The van der Waals surface area contributed by atoms with Crippen molar-refractivity contribution < 1.29 is 14.7 Å². The first-order valence-corrected chi connectivity index (χ1v) is 9.07. The summed E-state index contributed by atoms with van der Waals surface area (Å²) in [6.07, 6.45) is 1.03. The maximum Gasteiger partial charge on any atom is 0.315 e. The number of aliphatic carboxylic acids is 1. The first kappa shape index (κ1) is 22.0. The van der Waals surface area contributed by atoms with Gasteiger partial charge in [0.05, 0.1) is 0 Å². The largest absolute Gasteiger partial charge is 0.481 e. The van der Waals surface area contributed by atoms with Crippen LogP contribution in [-0.2, 0) is 11.2 Å². The smallest absolute Gasteiger partial charge is 0.315 e. The summed E-state index contributed by atoms with van der Waals surface area (Å²) in [4.78, 5) is 25.5.